The fourth-order valence-corrected chi connectivity index (χ4v) is 3.97. The van der Waals surface area contributed by atoms with Gasteiger partial charge in [-0.1, -0.05) is 12.1 Å². The van der Waals surface area contributed by atoms with Gasteiger partial charge in [-0.25, -0.2) is 4.39 Å². The van der Waals surface area contributed by atoms with E-state index in [4.69, 9.17) is 9.47 Å². The van der Waals surface area contributed by atoms with Crippen molar-refractivity contribution in [3.05, 3.63) is 95.1 Å². The Labute approximate surface area is 196 Å². The number of halogens is 1. The van der Waals surface area contributed by atoms with Crippen LogP contribution in [0.25, 0.3) is 5.76 Å². The summed E-state index contributed by atoms with van der Waals surface area (Å²) in [6.07, 6.45) is 3.22. The summed E-state index contributed by atoms with van der Waals surface area (Å²) in [5, 5.41) is 11.1. The predicted molar refractivity (Wildman–Crippen MR) is 123 cm³/mol. The topological polar surface area (TPSA) is 89.0 Å². The normalized spacial score (nSPS) is 17.1. The monoisotopic (exact) mass is 462 g/mol. The van der Waals surface area contributed by atoms with Gasteiger partial charge in [0.1, 0.15) is 11.6 Å². The number of aromatic nitrogens is 1. The SMILES string of the molecule is CCOc1ccc(C2/C(=C(\O)c3ccc(F)cc3)C(=O)C(=O)N2Cc2cccnc2)cc1OC. The third-order valence-corrected chi connectivity index (χ3v) is 5.54. The van der Waals surface area contributed by atoms with Gasteiger partial charge in [-0.15, -0.1) is 0 Å². The first-order valence-corrected chi connectivity index (χ1v) is 10.7. The number of amides is 1. The molecule has 0 aliphatic carbocycles. The van der Waals surface area contributed by atoms with Gasteiger partial charge in [0, 0.05) is 24.5 Å². The fourth-order valence-electron chi connectivity index (χ4n) is 3.97. The highest BCUT2D eigenvalue weighted by Crippen LogP contribution is 2.42. The van der Waals surface area contributed by atoms with E-state index in [0.717, 1.165) is 0 Å². The molecule has 1 saturated heterocycles. The zero-order valence-corrected chi connectivity index (χ0v) is 18.7. The minimum absolute atomic E-state index is 0.0910. The van der Waals surface area contributed by atoms with E-state index in [1.807, 2.05) is 6.92 Å². The summed E-state index contributed by atoms with van der Waals surface area (Å²) in [5.74, 6) is -1.52. The second kappa shape index (κ2) is 9.74. The maximum absolute atomic E-state index is 13.4. The lowest BCUT2D eigenvalue weighted by atomic mass is 9.95. The standard InChI is InChI=1S/C26H23FN2O5/c1-3-34-20-11-8-18(13-21(20)33-2)23-22(24(30)17-6-9-19(27)10-7-17)25(31)26(32)29(23)15-16-5-4-12-28-14-16/h4-14,23,30H,3,15H2,1-2H3/b24-22+. The third kappa shape index (κ3) is 4.34. The van der Waals surface area contributed by atoms with Crippen LogP contribution in [-0.2, 0) is 16.1 Å². The summed E-state index contributed by atoms with van der Waals surface area (Å²) in [6, 6.07) is 12.8. The Morgan fingerprint density at radius 2 is 1.88 bits per heavy atom. The van der Waals surface area contributed by atoms with Crippen molar-refractivity contribution in [1.29, 1.82) is 0 Å². The molecule has 0 saturated carbocycles. The third-order valence-electron chi connectivity index (χ3n) is 5.54. The number of rotatable bonds is 7. The Bertz CT molecular complexity index is 1240. The van der Waals surface area contributed by atoms with Crippen molar-refractivity contribution in [2.45, 2.75) is 19.5 Å². The molecular weight excluding hydrogens is 439 g/mol. The number of aliphatic hydroxyl groups excluding tert-OH is 1. The second-order valence-corrected chi connectivity index (χ2v) is 7.64. The van der Waals surface area contributed by atoms with Crippen LogP contribution in [0.15, 0.2) is 72.6 Å². The number of carbonyl (C=O) groups excluding carboxylic acids is 2. The molecule has 0 radical (unpaired) electrons. The number of likely N-dealkylation sites (tertiary alicyclic amines) is 1. The highest BCUT2D eigenvalue weighted by Gasteiger charge is 2.46. The Morgan fingerprint density at radius 3 is 2.53 bits per heavy atom. The summed E-state index contributed by atoms with van der Waals surface area (Å²) in [5.41, 5.74) is 1.40. The summed E-state index contributed by atoms with van der Waals surface area (Å²) in [6.45, 7) is 2.37. The van der Waals surface area contributed by atoms with Gasteiger partial charge >= 0.3 is 0 Å². The molecule has 2 aromatic carbocycles. The second-order valence-electron chi connectivity index (χ2n) is 7.64. The van der Waals surface area contributed by atoms with E-state index in [1.54, 1.807) is 42.7 Å². The summed E-state index contributed by atoms with van der Waals surface area (Å²) in [7, 11) is 1.49. The molecule has 174 valence electrons. The predicted octanol–water partition coefficient (Wildman–Crippen LogP) is 4.25. The molecule has 1 fully saturated rings. The Morgan fingerprint density at radius 1 is 1.12 bits per heavy atom. The van der Waals surface area contributed by atoms with Gasteiger partial charge in [-0.2, -0.15) is 0 Å². The Hall–Kier alpha value is -4.20. The van der Waals surface area contributed by atoms with Crippen LogP contribution in [0.2, 0.25) is 0 Å². The molecule has 34 heavy (non-hydrogen) atoms. The first kappa shape index (κ1) is 23.0. The van der Waals surface area contributed by atoms with Crippen LogP contribution < -0.4 is 9.47 Å². The minimum atomic E-state index is -0.908. The number of hydrogen-bond donors (Lipinski definition) is 1. The molecule has 4 rings (SSSR count). The van der Waals surface area contributed by atoms with Crippen molar-refractivity contribution >= 4 is 17.4 Å². The molecule has 8 heteroatoms. The number of benzene rings is 2. The van der Waals surface area contributed by atoms with E-state index in [9.17, 15) is 19.1 Å². The van der Waals surface area contributed by atoms with E-state index in [2.05, 4.69) is 4.98 Å². The van der Waals surface area contributed by atoms with Crippen molar-refractivity contribution in [3.63, 3.8) is 0 Å². The molecular formula is C26H23FN2O5. The van der Waals surface area contributed by atoms with Crippen LogP contribution in [0.4, 0.5) is 4.39 Å². The number of ketones is 1. The zero-order chi connectivity index (χ0) is 24.2. The van der Waals surface area contributed by atoms with Crippen LogP contribution in [0.3, 0.4) is 0 Å². The molecule has 3 aromatic rings. The molecule has 1 aliphatic heterocycles. The molecule has 1 atom stereocenters. The molecule has 0 spiro atoms. The molecule has 0 bridgehead atoms. The highest BCUT2D eigenvalue weighted by atomic mass is 19.1. The van der Waals surface area contributed by atoms with Crippen molar-refractivity contribution < 1.29 is 28.6 Å². The first-order valence-electron chi connectivity index (χ1n) is 10.7. The number of nitrogens with zero attached hydrogens (tertiary/aromatic N) is 2. The number of hydrogen-bond acceptors (Lipinski definition) is 6. The van der Waals surface area contributed by atoms with Gasteiger partial charge in [0.2, 0.25) is 0 Å². The fraction of sp³-hybridized carbons (Fsp3) is 0.192. The van der Waals surface area contributed by atoms with Gasteiger partial charge in [0.25, 0.3) is 11.7 Å². The smallest absolute Gasteiger partial charge is 0.295 e. The lowest BCUT2D eigenvalue weighted by molar-refractivity contribution is -0.140. The number of ether oxygens (including phenoxy) is 2. The van der Waals surface area contributed by atoms with E-state index in [0.29, 0.717) is 29.2 Å². The average Bonchev–Trinajstić information content (AvgIpc) is 3.10. The Balaban J connectivity index is 1.88. The Kier molecular flexibility index (Phi) is 6.58. The largest absolute Gasteiger partial charge is 0.507 e. The quantitative estimate of drug-likeness (QED) is 0.321. The summed E-state index contributed by atoms with van der Waals surface area (Å²) >= 11 is 0. The maximum atomic E-state index is 13.4. The lowest BCUT2D eigenvalue weighted by Crippen LogP contribution is -2.29. The van der Waals surface area contributed by atoms with Crippen molar-refractivity contribution in [1.82, 2.24) is 9.88 Å². The minimum Gasteiger partial charge on any atom is -0.507 e. The first-order chi connectivity index (χ1) is 16.4. The van der Waals surface area contributed by atoms with Crippen LogP contribution in [-0.4, -0.2) is 40.4 Å². The van der Waals surface area contributed by atoms with E-state index >= 15 is 0 Å². The van der Waals surface area contributed by atoms with Crippen LogP contribution in [0.1, 0.15) is 29.7 Å². The molecule has 7 nitrogen and oxygen atoms in total. The van der Waals surface area contributed by atoms with Crippen molar-refractivity contribution in [3.8, 4) is 11.5 Å². The van der Waals surface area contributed by atoms with Crippen molar-refractivity contribution in [2.75, 3.05) is 13.7 Å². The van der Waals surface area contributed by atoms with E-state index in [-0.39, 0.29) is 23.4 Å². The van der Waals surface area contributed by atoms with Crippen LogP contribution in [0.5, 0.6) is 11.5 Å². The number of aliphatic hydroxyl groups is 1. The van der Waals surface area contributed by atoms with E-state index < -0.39 is 23.5 Å². The van der Waals surface area contributed by atoms with Gasteiger partial charge in [0.15, 0.2) is 11.5 Å². The van der Waals surface area contributed by atoms with Gasteiger partial charge in [-0.05, 0) is 60.5 Å². The number of methoxy groups -OCH3 is 1. The van der Waals surface area contributed by atoms with Crippen molar-refractivity contribution in [2.24, 2.45) is 0 Å². The summed E-state index contributed by atoms with van der Waals surface area (Å²) in [4.78, 5) is 31.7. The van der Waals surface area contributed by atoms with Gasteiger partial charge in [0.05, 0.1) is 25.3 Å². The number of Topliss-reactive ketones (excluding diaryl/α,β-unsaturated/α-hetero) is 1. The van der Waals surface area contributed by atoms with Crippen LogP contribution in [0, 0.1) is 5.82 Å². The van der Waals surface area contributed by atoms with E-state index in [1.165, 1.54) is 36.3 Å². The maximum Gasteiger partial charge on any atom is 0.295 e. The molecule has 1 N–H and O–H groups in total. The molecule has 1 aromatic heterocycles. The average molecular weight is 462 g/mol. The number of carbonyl (C=O) groups is 2. The molecule has 1 amide bonds. The number of pyridine rings is 1. The molecule has 2 heterocycles. The molecule has 1 aliphatic rings. The van der Waals surface area contributed by atoms with Crippen LogP contribution >= 0.6 is 0 Å². The lowest BCUT2D eigenvalue weighted by Gasteiger charge is -2.26. The van der Waals surface area contributed by atoms with Gasteiger partial charge in [-0.3, -0.25) is 14.6 Å². The zero-order valence-electron chi connectivity index (χ0n) is 18.7. The summed E-state index contributed by atoms with van der Waals surface area (Å²) < 4.78 is 24.5. The highest BCUT2D eigenvalue weighted by molar-refractivity contribution is 6.46. The molecule has 1 unspecified atom stereocenters. The van der Waals surface area contributed by atoms with Gasteiger partial charge < -0.3 is 19.5 Å².